The van der Waals surface area contributed by atoms with Gasteiger partial charge in [-0.2, -0.15) is 10.2 Å². The molecule has 0 amide bonds. The van der Waals surface area contributed by atoms with Crippen LogP contribution in [0, 0.1) is 0 Å². The van der Waals surface area contributed by atoms with Crippen LogP contribution in [0.1, 0.15) is 36.8 Å². The topological polar surface area (TPSA) is 61.7 Å². The first-order valence-corrected chi connectivity index (χ1v) is 24.0. The number of hydrogen-bond donors (Lipinski definition) is 2. The van der Waals surface area contributed by atoms with Crippen molar-refractivity contribution in [3.63, 3.8) is 0 Å². The van der Waals surface area contributed by atoms with Crippen LogP contribution in [0.3, 0.4) is 0 Å². The van der Waals surface area contributed by atoms with E-state index < -0.39 is 0 Å². The number of nitrogens with one attached hydrogen (secondary N) is 2. The van der Waals surface area contributed by atoms with Crippen molar-refractivity contribution in [1.82, 2.24) is 20.7 Å². The molecule has 4 unspecified atom stereocenters. The highest BCUT2D eigenvalue weighted by molar-refractivity contribution is 8.00. The van der Waals surface area contributed by atoms with E-state index in [0.29, 0.717) is 0 Å². The molecule has 2 N–H and O–H groups in total. The number of nitrogens with zero attached hydrogens (tertiary/aromatic N) is 6. The van der Waals surface area contributed by atoms with Crippen molar-refractivity contribution in [3.8, 4) is 0 Å². The van der Waals surface area contributed by atoms with E-state index in [9.17, 15) is 0 Å². The number of para-hydroxylation sites is 4. The van der Waals surface area contributed by atoms with Crippen LogP contribution in [-0.4, -0.2) is 45.9 Å². The minimum atomic E-state index is -0.101. The van der Waals surface area contributed by atoms with Gasteiger partial charge in [0.25, 0.3) is 0 Å². The van der Waals surface area contributed by atoms with Crippen LogP contribution in [-0.2, 0) is 0 Å². The lowest BCUT2D eigenvalue weighted by Gasteiger charge is -2.54. The van der Waals surface area contributed by atoms with E-state index >= 15 is 0 Å². The van der Waals surface area contributed by atoms with Crippen molar-refractivity contribution in [2.45, 2.75) is 69.7 Å². The Bertz CT molecular complexity index is 2980. The Kier molecular flexibility index (Phi) is 8.19. The molecule has 0 spiro atoms. The first-order chi connectivity index (χ1) is 31.8. The van der Waals surface area contributed by atoms with E-state index in [1.807, 2.05) is 23.5 Å². The molecule has 1 saturated heterocycles. The number of fused-ring (bicyclic) bond motifs is 12. The summed E-state index contributed by atoms with van der Waals surface area (Å²) in [5.74, 6) is 2.04. The average Bonchev–Trinajstić information content (AvgIpc) is 4.01. The Morgan fingerprint density at radius 3 is 1.11 bits per heavy atom. The van der Waals surface area contributed by atoms with Gasteiger partial charge in [-0.1, -0.05) is 133 Å². The van der Waals surface area contributed by atoms with Gasteiger partial charge in [0.2, 0.25) is 0 Å². The smallest absolute Gasteiger partial charge is 0.158 e. The molecule has 4 atom stereocenters. The molecule has 14 rings (SSSR count). The quantitative estimate of drug-likeness (QED) is 0.181. The highest BCUT2D eigenvalue weighted by atomic mass is 32.2. The standard InChI is InChI=1S/C54H42N8S2/c1-3-17-35-33(15-1)37(29-31-39(35)59-43-21-7-11-25-47(43)63-48-26-12-8-22-44(48)59)51-55-57-53-54-58-56-52(62(54)42-20-6-5-19-41(42)61(51)53)38-30-32-40(36-18-4-2-16-34(36)38)60-45-23-9-13-27-49(45)64-50-28-14-10-24-46(50)60/h1-4,7-18,21-32,41-42,53-54,57-58H,5-6,19-20H2. The summed E-state index contributed by atoms with van der Waals surface area (Å²) in [4.78, 5) is 15.2. The molecule has 1 saturated carbocycles. The maximum absolute atomic E-state index is 5.26. The SMILES string of the molecule is c1ccc2c(c1)Sc1ccccc1N2c1ccc(C2=NNC3C4NN=C(c5ccc(N6c7ccccc7Sc7ccccc76)c6ccccc56)N4C4CCCCC4N23)c2ccccc12. The zero-order chi connectivity index (χ0) is 41.9. The van der Waals surface area contributed by atoms with Gasteiger partial charge in [0.05, 0.1) is 46.2 Å². The van der Waals surface area contributed by atoms with Crippen LogP contribution >= 0.6 is 23.5 Å². The molecule has 5 aliphatic heterocycles. The average molecular weight is 867 g/mol. The molecular weight excluding hydrogens is 825 g/mol. The van der Waals surface area contributed by atoms with Gasteiger partial charge < -0.3 is 19.6 Å². The van der Waals surface area contributed by atoms with Gasteiger partial charge in [-0.25, -0.2) is 0 Å². The molecule has 5 heterocycles. The molecule has 0 radical (unpaired) electrons. The van der Waals surface area contributed by atoms with Crippen LogP contribution in [0.15, 0.2) is 200 Å². The lowest BCUT2D eigenvalue weighted by atomic mass is 9.83. The van der Waals surface area contributed by atoms with Crippen molar-refractivity contribution in [3.05, 3.63) is 181 Å². The van der Waals surface area contributed by atoms with Crippen LogP contribution in [0.2, 0.25) is 0 Å². The van der Waals surface area contributed by atoms with Crippen molar-refractivity contribution in [2.24, 2.45) is 10.2 Å². The van der Waals surface area contributed by atoms with Crippen LogP contribution in [0.25, 0.3) is 21.5 Å². The van der Waals surface area contributed by atoms with Gasteiger partial charge in [-0.15, -0.1) is 0 Å². The minimum absolute atomic E-state index is 0.101. The van der Waals surface area contributed by atoms with Crippen LogP contribution in [0.4, 0.5) is 34.1 Å². The normalized spacial score (nSPS) is 21.4. The summed E-state index contributed by atoms with van der Waals surface area (Å²) in [6, 6.07) is 62.6. The van der Waals surface area contributed by atoms with E-state index in [1.165, 1.54) is 88.1 Å². The fraction of sp³-hybridized carbons (Fsp3) is 0.148. The molecule has 64 heavy (non-hydrogen) atoms. The predicted octanol–water partition coefficient (Wildman–Crippen LogP) is 12.7. The fourth-order valence-corrected chi connectivity index (χ4v) is 13.5. The monoisotopic (exact) mass is 866 g/mol. The highest BCUT2D eigenvalue weighted by Crippen LogP contribution is 2.54. The maximum atomic E-state index is 5.26. The van der Waals surface area contributed by atoms with Crippen molar-refractivity contribution in [1.29, 1.82) is 0 Å². The number of benzene rings is 8. The van der Waals surface area contributed by atoms with Crippen LogP contribution < -0.4 is 20.7 Å². The Labute approximate surface area is 380 Å². The minimum Gasteiger partial charge on any atom is -0.325 e. The first-order valence-electron chi connectivity index (χ1n) is 22.4. The van der Waals surface area contributed by atoms with Gasteiger partial charge >= 0.3 is 0 Å². The third-order valence-corrected chi connectivity index (χ3v) is 16.3. The number of rotatable bonds is 4. The Hall–Kier alpha value is -6.88. The van der Waals surface area contributed by atoms with Crippen LogP contribution in [0.5, 0.6) is 0 Å². The summed E-state index contributed by atoms with van der Waals surface area (Å²) in [6.45, 7) is 0. The van der Waals surface area contributed by atoms with Crippen molar-refractivity contribution < 1.29 is 0 Å². The molecule has 8 aromatic carbocycles. The largest absolute Gasteiger partial charge is 0.325 e. The van der Waals surface area contributed by atoms with E-state index in [0.717, 1.165) is 35.6 Å². The fourth-order valence-electron chi connectivity index (χ4n) is 11.3. The second-order valence-electron chi connectivity index (χ2n) is 17.4. The van der Waals surface area contributed by atoms with E-state index in [-0.39, 0.29) is 24.4 Å². The van der Waals surface area contributed by atoms with Crippen molar-refractivity contribution in [2.75, 3.05) is 9.80 Å². The predicted molar refractivity (Wildman–Crippen MR) is 262 cm³/mol. The maximum Gasteiger partial charge on any atom is 0.158 e. The lowest BCUT2D eigenvalue weighted by molar-refractivity contribution is -0.00890. The first kappa shape index (κ1) is 36.6. The highest BCUT2D eigenvalue weighted by Gasteiger charge is 2.55. The lowest BCUT2D eigenvalue weighted by Crippen LogP contribution is -2.72. The zero-order valence-corrected chi connectivity index (χ0v) is 36.4. The van der Waals surface area contributed by atoms with Crippen molar-refractivity contribution >= 4 is 90.9 Å². The van der Waals surface area contributed by atoms with Gasteiger partial charge in [-0.3, -0.25) is 10.9 Å². The Morgan fingerprint density at radius 2 is 0.719 bits per heavy atom. The number of piperazine rings is 1. The summed E-state index contributed by atoms with van der Waals surface area (Å²) in [5, 5.41) is 15.3. The molecular formula is C54H42N8S2. The number of amidine groups is 2. The van der Waals surface area contributed by atoms with Gasteiger partial charge in [-0.05, 0) is 96.4 Å². The van der Waals surface area contributed by atoms with Gasteiger partial charge in [0.1, 0.15) is 0 Å². The molecule has 310 valence electrons. The van der Waals surface area contributed by atoms with Gasteiger partial charge in [0, 0.05) is 41.5 Å². The summed E-state index contributed by atoms with van der Waals surface area (Å²) in [6.07, 6.45) is 4.37. The molecule has 1 aliphatic carbocycles. The molecule has 0 bridgehead atoms. The molecule has 10 heteroatoms. The van der Waals surface area contributed by atoms with E-state index in [1.54, 1.807) is 0 Å². The summed E-state index contributed by atoms with van der Waals surface area (Å²) < 4.78 is 0. The number of hydrogen-bond acceptors (Lipinski definition) is 10. The zero-order valence-electron chi connectivity index (χ0n) is 34.8. The summed E-state index contributed by atoms with van der Waals surface area (Å²) in [7, 11) is 0. The molecule has 2 fully saturated rings. The van der Waals surface area contributed by atoms with E-state index in [2.05, 4.69) is 200 Å². The number of anilines is 6. The second kappa shape index (κ2) is 14.3. The third-order valence-electron chi connectivity index (χ3n) is 14.0. The molecule has 8 nitrogen and oxygen atoms in total. The summed E-state index contributed by atoms with van der Waals surface area (Å²) in [5.41, 5.74) is 16.8. The third kappa shape index (κ3) is 5.33. The van der Waals surface area contributed by atoms with E-state index in [4.69, 9.17) is 10.2 Å². The Balaban J connectivity index is 0.839. The molecule has 0 aromatic heterocycles. The molecule has 6 aliphatic rings. The summed E-state index contributed by atoms with van der Waals surface area (Å²) >= 11 is 3.69. The Morgan fingerprint density at radius 1 is 0.375 bits per heavy atom. The molecule has 8 aromatic rings. The van der Waals surface area contributed by atoms with Gasteiger partial charge in [0.15, 0.2) is 24.0 Å². The second-order valence-corrected chi connectivity index (χ2v) is 19.5. The number of hydrazone groups is 2.